The number of carbonyl (C=O) groups excluding carboxylic acids is 1. The Morgan fingerprint density at radius 2 is 2.07 bits per heavy atom. The highest BCUT2D eigenvalue weighted by molar-refractivity contribution is 5.92. The zero-order chi connectivity index (χ0) is 20.8. The molecule has 0 radical (unpaired) electrons. The second-order valence-electron chi connectivity index (χ2n) is 11.7. The summed E-state index contributed by atoms with van der Waals surface area (Å²) in [6, 6.07) is 0.580. The summed E-state index contributed by atoms with van der Waals surface area (Å²) in [6.07, 6.45) is 12.0. The third-order valence-corrected chi connectivity index (χ3v) is 10.2. The van der Waals surface area contributed by atoms with Gasteiger partial charge in [-0.3, -0.25) is 4.79 Å². The summed E-state index contributed by atoms with van der Waals surface area (Å²) in [5.41, 5.74) is 11.3. The van der Waals surface area contributed by atoms with Crippen molar-refractivity contribution in [3.63, 3.8) is 0 Å². The number of ketones is 1. The number of nitrogens with zero attached hydrogens (tertiary/aromatic N) is 1. The highest BCUT2D eigenvalue weighted by Gasteiger charge is 2.59. The molecule has 2 aliphatic heterocycles. The van der Waals surface area contributed by atoms with Gasteiger partial charge in [-0.2, -0.15) is 0 Å². The van der Waals surface area contributed by atoms with E-state index in [1.54, 1.807) is 11.1 Å². The van der Waals surface area contributed by atoms with Crippen molar-refractivity contribution in [3.05, 3.63) is 22.8 Å². The minimum atomic E-state index is -0.241. The van der Waals surface area contributed by atoms with Crippen molar-refractivity contribution in [1.29, 1.82) is 0 Å². The van der Waals surface area contributed by atoms with Crippen LogP contribution in [0, 0.1) is 23.7 Å². The van der Waals surface area contributed by atoms with Gasteiger partial charge >= 0.3 is 0 Å². The number of ether oxygens (including phenoxy) is 1. The van der Waals surface area contributed by atoms with Gasteiger partial charge in [0.25, 0.3) is 0 Å². The molecule has 0 aromatic carbocycles. The molecule has 4 aliphatic carbocycles. The molecule has 2 heterocycles. The van der Waals surface area contributed by atoms with Crippen LogP contribution in [-0.2, 0) is 9.53 Å². The van der Waals surface area contributed by atoms with Gasteiger partial charge in [0, 0.05) is 24.5 Å². The van der Waals surface area contributed by atoms with Crippen LogP contribution < -0.4 is 5.73 Å². The lowest BCUT2D eigenvalue weighted by Gasteiger charge is -2.48. The summed E-state index contributed by atoms with van der Waals surface area (Å²) in [7, 11) is 2.30. The largest absolute Gasteiger partial charge is 0.366 e. The maximum Gasteiger partial charge on any atom is 0.155 e. The van der Waals surface area contributed by atoms with Gasteiger partial charge in [0.15, 0.2) is 5.78 Å². The molecule has 164 valence electrons. The quantitative estimate of drug-likeness (QED) is 0.614. The molecule has 1 spiro atoms. The zero-order valence-electron chi connectivity index (χ0n) is 19.0. The second-order valence-corrected chi connectivity index (χ2v) is 11.7. The zero-order valence-corrected chi connectivity index (χ0v) is 19.0. The number of carbonyl (C=O) groups is 1. The van der Waals surface area contributed by atoms with Crippen LogP contribution in [0.4, 0.5) is 0 Å². The Hall–Kier alpha value is -0.970. The number of rotatable bonds is 0. The molecule has 0 aromatic rings. The first kappa shape index (κ1) is 19.7. The van der Waals surface area contributed by atoms with Crippen molar-refractivity contribution in [2.75, 3.05) is 13.6 Å². The third-order valence-electron chi connectivity index (χ3n) is 10.2. The van der Waals surface area contributed by atoms with E-state index in [0.29, 0.717) is 36.3 Å². The Balaban J connectivity index is 1.33. The van der Waals surface area contributed by atoms with Gasteiger partial charge in [-0.15, -0.1) is 0 Å². The van der Waals surface area contributed by atoms with E-state index in [-0.39, 0.29) is 16.9 Å². The van der Waals surface area contributed by atoms with E-state index in [1.807, 2.05) is 6.08 Å². The fourth-order valence-electron chi connectivity index (χ4n) is 8.71. The molecule has 8 unspecified atom stereocenters. The molecule has 2 saturated heterocycles. The second kappa shape index (κ2) is 6.52. The highest BCUT2D eigenvalue weighted by atomic mass is 16.5. The normalized spacial score (nSPS) is 50.8. The van der Waals surface area contributed by atoms with Crippen LogP contribution >= 0.6 is 0 Å². The van der Waals surface area contributed by atoms with Crippen LogP contribution in [-0.4, -0.2) is 47.6 Å². The first-order valence-electron chi connectivity index (χ1n) is 12.4. The molecule has 4 heteroatoms. The van der Waals surface area contributed by atoms with Crippen molar-refractivity contribution in [2.24, 2.45) is 29.4 Å². The smallest absolute Gasteiger partial charge is 0.155 e. The van der Waals surface area contributed by atoms with Gasteiger partial charge in [-0.05, 0) is 106 Å². The molecule has 2 N–H and O–H groups in total. The molecule has 4 nitrogen and oxygen atoms in total. The number of fused-ring (bicyclic) bond motifs is 6. The van der Waals surface area contributed by atoms with E-state index in [9.17, 15) is 4.79 Å². The molecular formula is C26H38N2O2. The molecule has 0 aromatic heterocycles. The number of allylic oxidation sites excluding steroid dienone is 2. The Bertz CT molecular complexity index is 846. The fraction of sp³-hybridized carbons (Fsp3) is 0.808. The van der Waals surface area contributed by atoms with Crippen LogP contribution in [0.2, 0.25) is 0 Å². The van der Waals surface area contributed by atoms with Crippen LogP contribution in [0.5, 0.6) is 0 Å². The monoisotopic (exact) mass is 410 g/mol. The molecule has 0 amide bonds. The van der Waals surface area contributed by atoms with Crippen LogP contribution in [0.25, 0.3) is 0 Å². The number of nitrogens with two attached hydrogens (primary N) is 1. The van der Waals surface area contributed by atoms with Gasteiger partial charge in [0.1, 0.15) is 0 Å². The summed E-state index contributed by atoms with van der Waals surface area (Å²) in [5.74, 6) is 2.93. The maximum atomic E-state index is 12.0. The van der Waals surface area contributed by atoms with Crippen LogP contribution in [0.15, 0.2) is 22.8 Å². The Morgan fingerprint density at radius 3 is 2.90 bits per heavy atom. The van der Waals surface area contributed by atoms with E-state index in [0.717, 1.165) is 25.2 Å². The number of hydrogen-bond acceptors (Lipinski definition) is 4. The average molecular weight is 411 g/mol. The predicted molar refractivity (Wildman–Crippen MR) is 118 cm³/mol. The minimum absolute atomic E-state index is 0.0318. The SMILES string of the molecule is CC1=C2CC3C(CCC4=CC(=O)CCC43N)C2CCC12CC1C(CC(C)CN1C)O2. The molecule has 8 atom stereocenters. The Kier molecular flexibility index (Phi) is 4.28. The van der Waals surface area contributed by atoms with E-state index in [1.165, 1.54) is 44.2 Å². The Labute approximate surface area is 181 Å². The molecular weight excluding hydrogens is 372 g/mol. The lowest BCUT2D eigenvalue weighted by Crippen LogP contribution is -2.55. The number of likely N-dealkylation sites (N-methyl/N-ethyl adjacent to an activating group) is 1. The van der Waals surface area contributed by atoms with E-state index >= 15 is 0 Å². The van der Waals surface area contributed by atoms with Crippen molar-refractivity contribution < 1.29 is 9.53 Å². The summed E-state index contributed by atoms with van der Waals surface area (Å²) >= 11 is 0. The summed E-state index contributed by atoms with van der Waals surface area (Å²) in [5, 5.41) is 0. The fourth-order valence-corrected chi connectivity index (χ4v) is 8.71. The number of piperidine rings is 1. The lowest BCUT2D eigenvalue weighted by atomic mass is 9.60. The molecule has 4 fully saturated rings. The average Bonchev–Trinajstić information content (AvgIpc) is 3.26. The van der Waals surface area contributed by atoms with Crippen LogP contribution in [0.1, 0.15) is 71.6 Å². The topological polar surface area (TPSA) is 55.6 Å². The summed E-state index contributed by atoms with van der Waals surface area (Å²) in [6.45, 7) is 5.96. The minimum Gasteiger partial charge on any atom is -0.366 e. The van der Waals surface area contributed by atoms with Gasteiger partial charge in [-0.25, -0.2) is 0 Å². The maximum absolute atomic E-state index is 12.0. The van der Waals surface area contributed by atoms with E-state index in [4.69, 9.17) is 10.5 Å². The number of hydrogen-bond donors (Lipinski definition) is 1. The van der Waals surface area contributed by atoms with E-state index in [2.05, 4.69) is 25.8 Å². The number of likely N-dealkylation sites (tertiary alicyclic amines) is 1. The first-order valence-corrected chi connectivity index (χ1v) is 12.4. The molecule has 0 bridgehead atoms. The van der Waals surface area contributed by atoms with Crippen LogP contribution in [0.3, 0.4) is 0 Å². The summed E-state index contributed by atoms with van der Waals surface area (Å²) in [4.78, 5) is 14.6. The molecule has 30 heavy (non-hydrogen) atoms. The van der Waals surface area contributed by atoms with Crippen molar-refractivity contribution >= 4 is 5.78 Å². The molecule has 2 saturated carbocycles. The van der Waals surface area contributed by atoms with Crippen molar-refractivity contribution in [2.45, 2.75) is 94.9 Å². The van der Waals surface area contributed by atoms with Crippen molar-refractivity contribution in [3.8, 4) is 0 Å². The third kappa shape index (κ3) is 2.59. The lowest BCUT2D eigenvalue weighted by molar-refractivity contribution is -0.115. The highest BCUT2D eigenvalue weighted by Crippen LogP contribution is 2.61. The van der Waals surface area contributed by atoms with E-state index < -0.39 is 0 Å². The van der Waals surface area contributed by atoms with Gasteiger partial charge in [0.2, 0.25) is 0 Å². The molecule has 6 aliphatic rings. The van der Waals surface area contributed by atoms with Gasteiger partial charge in [-0.1, -0.05) is 12.5 Å². The van der Waals surface area contributed by atoms with Gasteiger partial charge in [0.05, 0.1) is 11.7 Å². The predicted octanol–water partition coefficient (Wildman–Crippen LogP) is 4.00. The first-order chi connectivity index (χ1) is 14.3. The van der Waals surface area contributed by atoms with Crippen molar-refractivity contribution in [1.82, 2.24) is 4.90 Å². The Morgan fingerprint density at radius 1 is 1.23 bits per heavy atom. The van der Waals surface area contributed by atoms with Gasteiger partial charge < -0.3 is 15.4 Å². The molecule has 6 rings (SSSR count). The summed E-state index contributed by atoms with van der Waals surface area (Å²) < 4.78 is 6.97. The standard InChI is InChI=1S/C26H38N2O2/c1-15-10-24-23(28(3)14-15)13-25(30-24)8-7-19-20-5-4-17-11-18(29)6-9-26(17,27)22(20)12-21(19)16(25)2/h11,15,19-20,22-24H,4-10,12-14,27H2,1-3H3.